The maximum atomic E-state index is 13.6. The Morgan fingerprint density at radius 2 is 2.00 bits per heavy atom. The number of hydrogen-bond acceptors (Lipinski definition) is 4. The van der Waals surface area contributed by atoms with Crippen molar-refractivity contribution in [2.24, 2.45) is 0 Å². The van der Waals surface area contributed by atoms with Gasteiger partial charge >= 0.3 is 0 Å². The molecule has 2 aromatic carbocycles. The van der Waals surface area contributed by atoms with Crippen molar-refractivity contribution in [2.45, 2.75) is 0 Å². The van der Waals surface area contributed by atoms with Crippen LogP contribution in [0, 0.1) is 15.9 Å². The zero-order valence-electron chi connectivity index (χ0n) is 10.3. The second-order valence-electron chi connectivity index (χ2n) is 4.04. The molecule has 2 aromatic rings. The molecule has 2 rings (SSSR count). The third kappa shape index (κ3) is 3.26. The quantitative estimate of drug-likeness (QED) is 0.516. The maximum Gasteiger partial charge on any atom is 0.270 e. The molecule has 0 saturated heterocycles. The van der Waals surface area contributed by atoms with E-state index in [2.05, 4.69) is 5.32 Å². The molecule has 108 valence electrons. The Bertz CT molecular complexity index is 736. The lowest BCUT2D eigenvalue weighted by molar-refractivity contribution is -0.384. The van der Waals surface area contributed by atoms with E-state index >= 15 is 0 Å². The van der Waals surface area contributed by atoms with Crippen molar-refractivity contribution in [1.82, 2.24) is 0 Å². The Morgan fingerprint density at radius 3 is 2.62 bits per heavy atom. The van der Waals surface area contributed by atoms with Gasteiger partial charge < -0.3 is 10.4 Å². The highest BCUT2D eigenvalue weighted by Gasteiger charge is 2.17. The van der Waals surface area contributed by atoms with E-state index in [1.807, 2.05) is 0 Å². The van der Waals surface area contributed by atoms with Gasteiger partial charge in [0.15, 0.2) is 0 Å². The summed E-state index contributed by atoms with van der Waals surface area (Å²) in [5.41, 5.74) is -0.646. The maximum absolute atomic E-state index is 13.6. The SMILES string of the molecule is O=C(Nc1ccc(O)c(Cl)c1)c1cc([N+](=O)[O-])ccc1F. The van der Waals surface area contributed by atoms with E-state index in [1.54, 1.807) is 0 Å². The average molecular weight is 311 g/mol. The van der Waals surface area contributed by atoms with Crippen LogP contribution in [0.3, 0.4) is 0 Å². The summed E-state index contributed by atoms with van der Waals surface area (Å²) in [6.07, 6.45) is 0. The molecule has 0 unspecified atom stereocenters. The number of nitro benzene ring substituents is 1. The molecule has 0 saturated carbocycles. The van der Waals surface area contributed by atoms with Crippen LogP contribution in [-0.4, -0.2) is 15.9 Å². The Labute approximate surface area is 122 Å². The average Bonchev–Trinajstić information content (AvgIpc) is 2.43. The zero-order chi connectivity index (χ0) is 15.6. The Kier molecular flexibility index (Phi) is 4.04. The van der Waals surface area contributed by atoms with Gasteiger partial charge in [-0.2, -0.15) is 0 Å². The normalized spacial score (nSPS) is 10.2. The Morgan fingerprint density at radius 1 is 1.29 bits per heavy atom. The second-order valence-corrected chi connectivity index (χ2v) is 4.45. The highest BCUT2D eigenvalue weighted by Crippen LogP contribution is 2.26. The minimum atomic E-state index is -0.886. The second kappa shape index (κ2) is 5.76. The molecule has 0 atom stereocenters. The first-order chi connectivity index (χ1) is 9.88. The lowest BCUT2D eigenvalue weighted by atomic mass is 10.1. The fourth-order valence-electron chi connectivity index (χ4n) is 1.58. The molecule has 2 N–H and O–H groups in total. The number of amides is 1. The van der Waals surface area contributed by atoms with E-state index in [9.17, 15) is 24.4 Å². The molecule has 0 aromatic heterocycles. The summed E-state index contributed by atoms with van der Waals surface area (Å²) in [4.78, 5) is 21.8. The van der Waals surface area contributed by atoms with E-state index in [0.29, 0.717) is 0 Å². The molecule has 8 heteroatoms. The van der Waals surface area contributed by atoms with Gasteiger partial charge in [0.2, 0.25) is 0 Å². The molecular weight excluding hydrogens is 303 g/mol. The summed E-state index contributed by atoms with van der Waals surface area (Å²) in [5.74, 6) is -1.92. The number of carbonyl (C=O) groups is 1. The molecule has 0 heterocycles. The minimum absolute atomic E-state index is 0.00677. The summed E-state index contributed by atoms with van der Waals surface area (Å²) in [6, 6.07) is 6.52. The van der Waals surface area contributed by atoms with Crippen LogP contribution in [-0.2, 0) is 0 Å². The molecule has 0 aliphatic rings. The van der Waals surface area contributed by atoms with Gasteiger partial charge in [0.05, 0.1) is 15.5 Å². The fraction of sp³-hybridized carbons (Fsp3) is 0. The van der Waals surface area contributed by atoms with Crippen LogP contribution in [0.4, 0.5) is 15.8 Å². The molecule has 0 radical (unpaired) electrons. The van der Waals surface area contributed by atoms with Gasteiger partial charge in [-0.3, -0.25) is 14.9 Å². The predicted molar refractivity (Wildman–Crippen MR) is 74.1 cm³/mol. The van der Waals surface area contributed by atoms with Crippen LogP contribution in [0.25, 0.3) is 0 Å². The van der Waals surface area contributed by atoms with Gasteiger partial charge in [-0.15, -0.1) is 0 Å². The first-order valence-electron chi connectivity index (χ1n) is 5.62. The summed E-state index contributed by atoms with van der Waals surface area (Å²) < 4.78 is 13.6. The molecule has 21 heavy (non-hydrogen) atoms. The number of carbonyl (C=O) groups excluding carboxylic acids is 1. The molecule has 6 nitrogen and oxygen atoms in total. The monoisotopic (exact) mass is 310 g/mol. The van der Waals surface area contributed by atoms with Crippen molar-refractivity contribution < 1.29 is 19.2 Å². The van der Waals surface area contributed by atoms with Crippen molar-refractivity contribution in [3.63, 3.8) is 0 Å². The number of anilines is 1. The number of nitro groups is 1. The van der Waals surface area contributed by atoms with Gasteiger partial charge in [0.25, 0.3) is 11.6 Å². The Hall–Kier alpha value is -2.67. The van der Waals surface area contributed by atoms with E-state index in [4.69, 9.17) is 11.6 Å². The first-order valence-corrected chi connectivity index (χ1v) is 6.00. The van der Waals surface area contributed by atoms with Crippen LogP contribution < -0.4 is 5.32 Å². The van der Waals surface area contributed by atoms with Crippen LogP contribution in [0.2, 0.25) is 5.02 Å². The van der Waals surface area contributed by atoms with E-state index in [1.165, 1.54) is 18.2 Å². The summed E-state index contributed by atoms with van der Waals surface area (Å²) in [6.45, 7) is 0. The number of aromatic hydroxyl groups is 1. The van der Waals surface area contributed by atoms with Crippen LogP contribution in [0.5, 0.6) is 5.75 Å². The van der Waals surface area contributed by atoms with Crippen LogP contribution in [0.1, 0.15) is 10.4 Å². The molecule has 0 spiro atoms. The summed E-state index contributed by atoms with van der Waals surface area (Å²) >= 11 is 5.68. The number of halogens is 2. The summed E-state index contributed by atoms with van der Waals surface area (Å²) in [5, 5.41) is 22.2. The number of non-ortho nitro benzene ring substituents is 1. The zero-order valence-corrected chi connectivity index (χ0v) is 11.1. The topological polar surface area (TPSA) is 92.5 Å². The first kappa shape index (κ1) is 14.7. The molecule has 1 amide bonds. The fourth-order valence-corrected chi connectivity index (χ4v) is 1.76. The number of rotatable bonds is 3. The number of nitrogens with zero attached hydrogens (tertiary/aromatic N) is 1. The number of phenols is 1. The molecule has 0 aliphatic heterocycles. The molecule has 0 aliphatic carbocycles. The number of nitrogens with one attached hydrogen (secondary N) is 1. The van der Waals surface area contributed by atoms with Crippen molar-refractivity contribution in [1.29, 1.82) is 0 Å². The highest BCUT2D eigenvalue weighted by molar-refractivity contribution is 6.32. The van der Waals surface area contributed by atoms with Gasteiger partial charge in [-0.05, 0) is 24.3 Å². The third-order valence-corrected chi connectivity index (χ3v) is 2.91. The van der Waals surface area contributed by atoms with E-state index < -0.39 is 27.9 Å². The highest BCUT2D eigenvalue weighted by atomic mass is 35.5. The van der Waals surface area contributed by atoms with Gasteiger partial charge in [0.1, 0.15) is 11.6 Å². The summed E-state index contributed by atoms with van der Waals surface area (Å²) in [7, 11) is 0. The van der Waals surface area contributed by atoms with Crippen molar-refractivity contribution in [3.8, 4) is 5.75 Å². The largest absolute Gasteiger partial charge is 0.506 e. The number of hydrogen-bond donors (Lipinski definition) is 2. The van der Waals surface area contributed by atoms with Gasteiger partial charge in [-0.25, -0.2) is 4.39 Å². The lowest BCUT2D eigenvalue weighted by Crippen LogP contribution is -2.14. The van der Waals surface area contributed by atoms with Crippen molar-refractivity contribution >= 4 is 28.9 Å². The van der Waals surface area contributed by atoms with Crippen LogP contribution >= 0.6 is 11.6 Å². The standard InChI is InChI=1S/C13H8ClFN2O4/c14-10-5-7(1-4-12(10)18)16-13(19)9-6-8(17(20)21)2-3-11(9)15/h1-6,18H,(H,16,19). The van der Waals surface area contributed by atoms with Gasteiger partial charge in [-0.1, -0.05) is 11.6 Å². The minimum Gasteiger partial charge on any atom is -0.506 e. The van der Waals surface area contributed by atoms with Crippen molar-refractivity contribution in [2.75, 3.05) is 5.32 Å². The molecule has 0 bridgehead atoms. The Balaban J connectivity index is 2.29. The predicted octanol–water partition coefficient (Wildman–Crippen LogP) is 3.35. The van der Waals surface area contributed by atoms with E-state index in [0.717, 1.165) is 18.2 Å². The van der Waals surface area contributed by atoms with Crippen LogP contribution in [0.15, 0.2) is 36.4 Å². The van der Waals surface area contributed by atoms with Gasteiger partial charge in [0, 0.05) is 17.8 Å². The number of benzene rings is 2. The smallest absolute Gasteiger partial charge is 0.270 e. The lowest BCUT2D eigenvalue weighted by Gasteiger charge is -2.07. The molecule has 0 fully saturated rings. The molecular formula is C13H8ClFN2O4. The third-order valence-electron chi connectivity index (χ3n) is 2.61. The van der Waals surface area contributed by atoms with Crippen molar-refractivity contribution in [3.05, 3.63) is 62.9 Å². The number of phenolic OH excluding ortho intramolecular Hbond substituents is 1. The van der Waals surface area contributed by atoms with E-state index in [-0.39, 0.29) is 16.5 Å².